The van der Waals surface area contributed by atoms with E-state index in [1.54, 1.807) is 6.20 Å². The van der Waals surface area contributed by atoms with E-state index in [0.717, 1.165) is 31.9 Å². The van der Waals surface area contributed by atoms with Gasteiger partial charge in [0.15, 0.2) is 0 Å². The van der Waals surface area contributed by atoms with E-state index in [1.165, 1.54) is 0 Å². The lowest BCUT2D eigenvalue weighted by Crippen LogP contribution is -2.22. The average Bonchev–Trinajstić information content (AvgIpc) is 2.78. The fraction of sp³-hybridized carbons (Fsp3) is 0.636. The molecule has 1 aliphatic heterocycles. The van der Waals surface area contributed by atoms with Gasteiger partial charge >= 0.3 is 0 Å². The highest BCUT2D eigenvalue weighted by molar-refractivity contribution is 5.43. The van der Waals surface area contributed by atoms with Crippen LogP contribution in [0.3, 0.4) is 0 Å². The molecule has 88 valence electrons. The van der Waals surface area contributed by atoms with Crippen LogP contribution in [-0.4, -0.2) is 41.3 Å². The molecule has 0 aromatic carbocycles. The van der Waals surface area contributed by atoms with Crippen LogP contribution in [0.15, 0.2) is 12.3 Å². The van der Waals surface area contributed by atoms with Crippen LogP contribution in [0.1, 0.15) is 13.3 Å². The third-order valence-corrected chi connectivity index (χ3v) is 2.84. The maximum Gasteiger partial charge on any atom is 0.224 e. The van der Waals surface area contributed by atoms with Gasteiger partial charge in [-0.05, 0) is 19.4 Å². The van der Waals surface area contributed by atoms with E-state index < -0.39 is 0 Å². The van der Waals surface area contributed by atoms with Gasteiger partial charge in [-0.3, -0.25) is 0 Å². The Morgan fingerprint density at radius 2 is 2.50 bits per heavy atom. The number of nitrogens with one attached hydrogen (secondary N) is 1. The van der Waals surface area contributed by atoms with E-state index in [0.29, 0.717) is 11.9 Å². The monoisotopic (exact) mass is 222 g/mol. The Labute approximate surface area is 95.5 Å². The van der Waals surface area contributed by atoms with Crippen LogP contribution in [0.2, 0.25) is 0 Å². The van der Waals surface area contributed by atoms with Crippen molar-refractivity contribution in [1.29, 1.82) is 0 Å². The van der Waals surface area contributed by atoms with Gasteiger partial charge in [0.25, 0.3) is 0 Å². The number of anilines is 2. The number of aliphatic hydroxyl groups is 1. The average molecular weight is 222 g/mol. The predicted octanol–water partition coefficient (Wildman–Crippen LogP) is 0.727. The first-order valence-electron chi connectivity index (χ1n) is 5.76. The summed E-state index contributed by atoms with van der Waals surface area (Å²) < 4.78 is 0. The number of rotatable bonds is 4. The molecule has 1 fully saturated rings. The van der Waals surface area contributed by atoms with Crippen LogP contribution in [0, 0.1) is 5.92 Å². The van der Waals surface area contributed by atoms with Crippen LogP contribution in [-0.2, 0) is 0 Å². The molecule has 0 aliphatic carbocycles. The molecule has 2 rings (SSSR count). The Bertz CT molecular complexity index is 345. The van der Waals surface area contributed by atoms with Crippen LogP contribution in [0.4, 0.5) is 11.8 Å². The summed E-state index contributed by atoms with van der Waals surface area (Å²) in [4.78, 5) is 10.8. The van der Waals surface area contributed by atoms with Gasteiger partial charge in [-0.1, -0.05) is 0 Å². The topological polar surface area (TPSA) is 61.3 Å². The number of hydrogen-bond acceptors (Lipinski definition) is 5. The molecule has 16 heavy (non-hydrogen) atoms. The predicted molar refractivity (Wildman–Crippen MR) is 63.6 cm³/mol. The summed E-state index contributed by atoms with van der Waals surface area (Å²) in [7, 11) is 0. The van der Waals surface area contributed by atoms with Gasteiger partial charge < -0.3 is 15.3 Å². The largest absolute Gasteiger partial charge is 0.396 e. The highest BCUT2D eigenvalue weighted by atomic mass is 16.3. The summed E-state index contributed by atoms with van der Waals surface area (Å²) in [5.74, 6) is 2.01. The molecule has 0 radical (unpaired) electrons. The Morgan fingerprint density at radius 1 is 1.62 bits per heavy atom. The second-order valence-corrected chi connectivity index (χ2v) is 4.05. The molecular weight excluding hydrogens is 204 g/mol. The van der Waals surface area contributed by atoms with E-state index >= 15 is 0 Å². The van der Waals surface area contributed by atoms with Crippen molar-refractivity contribution in [3.05, 3.63) is 12.3 Å². The van der Waals surface area contributed by atoms with Gasteiger partial charge in [-0.15, -0.1) is 0 Å². The van der Waals surface area contributed by atoms with E-state index in [1.807, 2.05) is 13.0 Å². The summed E-state index contributed by atoms with van der Waals surface area (Å²) in [5.41, 5.74) is 0. The van der Waals surface area contributed by atoms with Crippen molar-refractivity contribution in [1.82, 2.24) is 9.97 Å². The van der Waals surface area contributed by atoms with Gasteiger partial charge in [-0.25, -0.2) is 4.98 Å². The fourth-order valence-corrected chi connectivity index (χ4v) is 1.96. The van der Waals surface area contributed by atoms with Crippen molar-refractivity contribution in [2.24, 2.45) is 5.92 Å². The Balaban J connectivity index is 2.06. The van der Waals surface area contributed by atoms with Crippen molar-refractivity contribution >= 4 is 11.8 Å². The highest BCUT2D eigenvalue weighted by Crippen LogP contribution is 2.21. The van der Waals surface area contributed by atoms with Gasteiger partial charge in [0.2, 0.25) is 5.95 Å². The van der Waals surface area contributed by atoms with E-state index in [4.69, 9.17) is 5.11 Å². The summed E-state index contributed by atoms with van der Waals surface area (Å²) in [6.45, 7) is 4.96. The van der Waals surface area contributed by atoms with Crippen molar-refractivity contribution in [3.8, 4) is 0 Å². The molecule has 1 aliphatic rings. The number of aromatic nitrogens is 2. The quantitative estimate of drug-likeness (QED) is 0.786. The molecular formula is C11H18N4O. The Morgan fingerprint density at radius 3 is 3.19 bits per heavy atom. The van der Waals surface area contributed by atoms with E-state index in [-0.39, 0.29) is 6.61 Å². The molecule has 2 N–H and O–H groups in total. The zero-order valence-corrected chi connectivity index (χ0v) is 9.56. The van der Waals surface area contributed by atoms with Crippen molar-refractivity contribution in [2.45, 2.75) is 13.3 Å². The van der Waals surface area contributed by atoms with E-state index in [9.17, 15) is 0 Å². The minimum Gasteiger partial charge on any atom is -0.396 e. The number of hydrogen-bond donors (Lipinski definition) is 2. The lowest BCUT2D eigenvalue weighted by molar-refractivity contribution is 0.238. The van der Waals surface area contributed by atoms with Crippen LogP contribution < -0.4 is 10.2 Å². The zero-order valence-electron chi connectivity index (χ0n) is 9.56. The second-order valence-electron chi connectivity index (χ2n) is 4.05. The molecule has 0 bridgehead atoms. The molecule has 0 spiro atoms. The molecule has 5 heteroatoms. The first-order valence-corrected chi connectivity index (χ1v) is 5.76. The molecule has 1 aromatic rings. The first kappa shape index (κ1) is 11.1. The van der Waals surface area contributed by atoms with Crippen LogP contribution in [0.25, 0.3) is 0 Å². The van der Waals surface area contributed by atoms with E-state index in [2.05, 4.69) is 20.2 Å². The molecule has 2 heterocycles. The Kier molecular flexibility index (Phi) is 3.56. The zero-order chi connectivity index (χ0) is 11.4. The highest BCUT2D eigenvalue weighted by Gasteiger charge is 2.22. The standard InChI is InChI=1S/C11H18N4O/c1-2-12-11-13-5-3-10(14-11)15-6-4-9(7-15)8-16/h3,5,9,16H,2,4,6-8H2,1H3,(H,12,13,14). The van der Waals surface area contributed by atoms with Crippen LogP contribution >= 0.6 is 0 Å². The normalized spacial score (nSPS) is 20.1. The fourth-order valence-electron chi connectivity index (χ4n) is 1.96. The lowest BCUT2D eigenvalue weighted by atomic mass is 10.1. The summed E-state index contributed by atoms with van der Waals surface area (Å²) >= 11 is 0. The second kappa shape index (κ2) is 5.12. The first-order chi connectivity index (χ1) is 7.83. The molecule has 1 aromatic heterocycles. The summed E-state index contributed by atoms with van der Waals surface area (Å²) in [5, 5.41) is 12.2. The number of aliphatic hydroxyl groups excluding tert-OH is 1. The smallest absolute Gasteiger partial charge is 0.224 e. The van der Waals surface area contributed by atoms with Crippen LogP contribution in [0.5, 0.6) is 0 Å². The summed E-state index contributed by atoms with van der Waals surface area (Å²) in [6, 6.07) is 1.92. The molecule has 1 unspecified atom stereocenters. The van der Waals surface area contributed by atoms with Gasteiger partial charge in [0, 0.05) is 38.4 Å². The molecule has 0 saturated carbocycles. The maximum atomic E-state index is 9.10. The third kappa shape index (κ3) is 2.41. The number of nitrogens with zero attached hydrogens (tertiary/aromatic N) is 3. The molecule has 5 nitrogen and oxygen atoms in total. The minimum absolute atomic E-state index is 0.266. The third-order valence-electron chi connectivity index (χ3n) is 2.84. The molecule has 1 atom stereocenters. The van der Waals surface area contributed by atoms with Gasteiger partial charge in [0.05, 0.1) is 0 Å². The van der Waals surface area contributed by atoms with Crippen molar-refractivity contribution in [2.75, 3.05) is 36.5 Å². The van der Waals surface area contributed by atoms with Crippen molar-refractivity contribution < 1.29 is 5.11 Å². The SMILES string of the molecule is CCNc1nccc(N2CCC(CO)C2)n1. The molecule has 1 saturated heterocycles. The van der Waals surface area contributed by atoms with Crippen molar-refractivity contribution in [3.63, 3.8) is 0 Å². The summed E-state index contributed by atoms with van der Waals surface area (Å²) in [6.07, 6.45) is 2.81. The maximum absolute atomic E-state index is 9.10. The molecule has 0 amide bonds. The van der Waals surface area contributed by atoms with Gasteiger partial charge in [0.1, 0.15) is 5.82 Å². The minimum atomic E-state index is 0.266. The lowest BCUT2D eigenvalue weighted by Gasteiger charge is -2.17. The van der Waals surface area contributed by atoms with Gasteiger partial charge in [-0.2, -0.15) is 4.98 Å². The Hall–Kier alpha value is -1.36.